The van der Waals surface area contributed by atoms with Crippen molar-refractivity contribution in [3.63, 3.8) is 0 Å². The van der Waals surface area contributed by atoms with Crippen LogP contribution in [-0.4, -0.2) is 25.5 Å². The molecule has 0 atom stereocenters. The molecule has 0 aliphatic rings. The molecule has 3 aromatic carbocycles. The van der Waals surface area contributed by atoms with Crippen LogP contribution in [0.3, 0.4) is 0 Å². The predicted octanol–water partition coefficient (Wildman–Crippen LogP) is 6.73. The van der Waals surface area contributed by atoms with E-state index in [0.717, 1.165) is 23.3 Å². The molecule has 0 aliphatic heterocycles. The Bertz CT molecular complexity index is 1650. The van der Waals surface area contributed by atoms with Gasteiger partial charge in [-0.3, -0.25) is 9.48 Å². The van der Waals surface area contributed by atoms with Crippen LogP contribution in [0.2, 0.25) is 0 Å². The monoisotopic (exact) mass is 501 g/mol. The third-order valence-corrected chi connectivity index (χ3v) is 5.97. The summed E-state index contributed by atoms with van der Waals surface area (Å²) in [5, 5.41) is 12.3. The van der Waals surface area contributed by atoms with Gasteiger partial charge in [0.25, 0.3) is 5.91 Å². The highest BCUT2D eigenvalue weighted by Gasteiger charge is 2.34. The van der Waals surface area contributed by atoms with E-state index in [1.165, 1.54) is 16.8 Å². The number of carbonyl (C=O) groups is 1. The van der Waals surface area contributed by atoms with Gasteiger partial charge >= 0.3 is 6.18 Å². The van der Waals surface area contributed by atoms with Gasteiger partial charge in [0.15, 0.2) is 0 Å². The van der Waals surface area contributed by atoms with Crippen LogP contribution in [0, 0.1) is 0 Å². The third-order valence-electron chi connectivity index (χ3n) is 5.97. The lowest BCUT2D eigenvalue weighted by Crippen LogP contribution is -2.16. The maximum absolute atomic E-state index is 13.7. The zero-order valence-corrected chi connectivity index (χ0v) is 20.0. The smallest absolute Gasteiger partial charge is 0.306 e. The van der Waals surface area contributed by atoms with Crippen molar-refractivity contribution in [1.29, 1.82) is 0 Å². The zero-order valence-electron chi connectivity index (χ0n) is 20.0. The Morgan fingerprint density at radius 3 is 2.32 bits per heavy atom. The van der Waals surface area contributed by atoms with Crippen LogP contribution in [0.4, 0.5) is 19.0 Å². The first kappa shape index (κ1) is 24.1. The van der Waals surface area contributed by atoms with Crippen molar-refractivity contribution in [2.45, 2.75) is 13.1 Å². The van der Waals surface area contributed by atoms with Gasteiger partial charge in [-0.15, -0.1) is 0 Å². The molecule has 2 heterocycles. The number of aromatic nitrogens is 4. The van der Waals surface area contributed by atoms with Gasteiger partial charge in [-0.2, -0.15) is 23.4 Å². The van der Waals surface area contributed by atoms with Crippen molar-refractivity contribution < 1.29 is 18.0 Å². The number of rotatable bonds is 5. The summed E-state index contributed by atoms with van der Waals surface area (Å²) in [5.74, 6) is -0.174. The molecule has 0 fully saturated rings. The van der Waals surface area contributed by atoms with Crippen LogP contribution in [0.25, 0.3) is 33.4 Å². The maximum atomic E-state index is 13.7. The van der Waals surface area contributed by atoms with Crippen molar-refractivity contribution in [3.8, 4) is 16.9 Å². The van der Waals surface area contributed by atoms with E-state index in [9.17, 15) is 18.0 Å². The minimum absolute atomic E-state index is 0.0566. The van der Waals surface area contributed by atoms with E-state index in [2.05, 4.69) is 22.1 Å². The molecule has 37 heavy (non-hydrogen) atoms. The third kappa shape index (κ3) is 4.63. The van der Waals surface area contributed by atoms with E-state index >= 15 is 0 Å². The topological polar surface area (TPSA) is 64.7 Å². The van der Waals surface area contributed by atoms with E-state index in [1.54, 1.807) is 17.9 Å². The maximum Gasteiger partial charge on any atom is 0.417 e. The lowest BCUT2D eigenvalue weighted by atomic mass is 10.0. The fourth-order valence-electron chi connectivity index (χ4n) is 4.11. The van der Waals surface area contributed by atoms with E-state index in [4.69, 9.17) is 0 Å². The van der Waals surface area contributed by atoms with Crippen LogP contribution in [0.5, 0.6) is 0 Å². The number of anilines is 1. The molecule has 9 heteroatoms. The summed E-state index contributed by atoms with van der Waals surface area (Å²) < 4.78 is 44.2. The highest BCUT2D eigenvalue weighted by molar-refractivity contribution is 6.09. The van der Waals surface area contributed by atoms with E-state index in [-0.39, 0.29) is 16.8 Å². The average Bonchev–Trinajstić information content (AvgIpc) is 3.47. The summed E-state index contributed by atoms with van der Waals surface area (Å²) in [6.07, 6.45) is -3.06. The van der Waals surface area contributed by atoms with Gasteiger partial charge < -0.3 is 5.32 Å². The number of amides is 1. The molecule has 0 aliphatic carbocycles. The molecule has 0 bridgehead atoms. The first-order chi connectivity index (χ1) is 17.6. The van der Waals surface area contributed by atoms with Crippen LogP contribution in [-0.2, 0) is 13.2 Å². The normalized spacial score (nSPS) is 11.6. The number of benzene rings is 3. The number of aryl methyl sites for hydroxylation is 1. The van der Waals surface area contributed by atoms with Crippen molar-refractivity contribution in [2.24, 2.45) is 7.05 Å². The standard InChI is InChI=1S/C28H22F3N5O/c1-17(2)18-9-11-21-25(16-18)34-36(20-7-5-4-6-8-20)26(21)32-27(37)19-10-12-23(28(29,30)31)22(15-19)24-13-14-35(3)33-24/h4-16H,1H2,2-3H3,(H,32,37). The number of nitrogens with zero attached hydrogens (tertiary/aromatic N) is 4. The quantitative estimate of drug-likeness (QED) is 0.290. The van der Waals surface area contributed by atoms with E-state index < -0.39 is 17.6 Å². The summed E-state index contributed by atoms with van der Waals surface area (Å²) in [6, 6.07) is 19.6. The van der Waals surface area contributed by atoms with Gasteiger partial charge in [0.2, 0.25) is 0 Å². The number of nitrogens with one attached hydrogen (secondary N) is 1. The zero-order chi connectivity index (χ0) is 26.3. The molecule has 0 radical (unpaired) electrons. The Hall–Kier alpha value is -4.66. The number of allylic oxidation sites excluding steroid dienone is 1. The Morgan fingerprint density at radius 1 is 0.946 bits per heavy atom. The first-order valence-corrected chi connectivity index (χ1v) is 11.4. The molecule has 0 unspecified atom stereocenters. The number of hydrogen-bond donors (Lipinski definition) is 1. The predicted molar refractivity (Wildman–Crippen MR) is 137 cm³/mol. The molecule has 1 amide bonds. The molecular weight excluding hydrogens is 479 g/mol. The molecule has 0 saturated heterocycles. The van der Waals surface area contributed by atoms with Gasteiger partial charge in [-0.1, -0.05) is 36.4 Å². The lowest BCUT2D eigenvalue weighted by molar-refractivity contribution is -0.137. The SMILES string of the molecule is C=C(C)c1ccc2c(NC(=O)c3ccc(C(F)(F)F)c(-c4ccn(C)n4)c3)n(-c3ccccc3)nc2c1. The Balaban J connectivity index is 1.60. The summed E-state index contributed by atoms with van der Waals surface area (Å²) in [4.78, 5) is 13.4. The minimum atomic E-state index is -4.61. The second-order valence-corrected chi connectivity index (χ2v) is 8.70. The molecule has 6 nitrogen and oxygen atoms in total. The van der Waals surface area contributed by atoms with Crippen molar-refractivity contribution in [2.75, 3.05) is 5.32 Å². The summed E-state index contributed by atoms with van der Waals surface area (Å²) >= 11 is 0. The number of halogens is 3. The Morgan fingerprint density at radius 2 is 1.68 bits per heavy atom. The molecular formula is C28H22F3N5O. The lowest BCUT2D eigenvalue weighted by Gasteiger charge is -2.14. The van der Waals surface area contributed by atoms with Gasteiger partial charge in [0.1, 0.15) is 5.82 Å². The van der Waals surface area contributed by atoms with Crippen molar-refractivity contribution in [1.82, 2.24) is 19.6 Å². The second-order valence-electron chi connectivity index (χ2n) is 8.70. The molecule has 2 aromatic heterocycles. The van der Waals surface area contributed by atoms with Crippen molar-refractivity contribution in [3.05, 3.63) is 102 Å². The van der Waals surface area contributed by atoms with E-state index in [1.807, 2.05) is 55.5 Å². The van der Waals surface area contributed by atoms with E-state index in [0.29, 0.717) is 22.4 Å². The molecule has 1 N–H and O–H groups in total. The average molecular weight is 502 g/mol. The second kappa shape index (κ2) is 9.09. The number of alkyl halides is 3. The summed E-state index contributed by atoms with van der Waals surface area (Å²) in [6.45, 7) is 5.87. The number of hydrogen-bond acceptors (Lipinski definition) is 3. The highest BCUT2D eigenvalue weighted by Crippen LogP contribution is 2.37. The van der Waals surface area contributed by atoms with Gasteiger partial charge in [0.05, 0.1) is 22.5 Å². The fourth-order valence-corrected chi connectivity index (χ4v) is 4.11. The highest BCUT2D eigenvalue weighted by atomic mass is 19.4. The van der Waals surface area contributed by atoms with Gasteiger partial charge in [-0.05, 0) is 61.0 Å². The van der Waals surface area contributed by atoms with Gasteiger partial charge in [-0.25, -0.2) is 4.68 Å². The summed E-state index contributed by atoms with van der Waals surface area (Å²) in [7, 11) is 1.61. The number of para-hydroxylation sites is 1. The summed E-state index contributed by atoms with van der Waals surface area (Å²) in [5.41, 5.74) is 2.27. The molecule has 0 spiro atoms. The Kier molecular flexibility index (Phi) is 5.91. The van der Waals surface area contributed by atoms with Crippen molar-refractivity contribution >= 4 is 28.2 Å². The number of fused-ring (bicyclic) bond motifs is 1. The van der Waals surface area contributed by atoms with Crippen LogP contribution in [0.1, 0.15) is 28.4 Å². The van der Waals surface area contributed by atoms with Gasteiger partial charge in [0, 0.05) is 29.8 Å². The van der Waals surface area contributed by atoms with Crippen LogP contribution < -0.4 is 5.32 Å². The number of carbonyl (C=O) groups excluding carboxylic acids is 1. The fraction of sp³-hybridized carbons (Fsp3) is 0.107. The minimum Gasteiger partial charge on any atom is -0.306 e. The largest absolute Gasteiger partial charge is 0.417 e. The molecule has 5 rings (SSSR count). The van der Waals surface area contributed by atoms with Crippen LogP contribution in [0.15, 0.2) is 85.6 Å². The molecule has 186 valence electrons. The van der Waals surface area contributed by atoms with Crippen LogP contribution >= 0.6 is 0 Å². The Labute approximate surface area is 210 Å². The molecule has 0 saturated carbocycles. The molecule has 5 aromatic rings. The first-order valence-electron chi connectivity index (χ1n) is 11.4.